The van der Waals surface area contributed by atoms with Crippen LogP contribution in [-0.4, -0.2) is 24.0 Å². The summed E-state index contributed by atoms with van der Waals surface area (Å²) in [6.45, 7) is 0. The second-order valence-electron chi connectivity index (χ2n) is 4.82. The topological polar surface area (TPSA) is 29.3 Å². The lowest BCUT2D eigenvalue weighted by molar-refractivity contribution is 0.523. The molecule has 1 aromatic heterocycles. The zero-order valence-corrected chi connectivity index (χ0v) is 11.6. The number of hydrogen-bond donors (Lipinski definition) is 0. The highest BCUT2D eigenvalue weighted by atomic mass is 16.3. The summed E-state index contributed by atoms with van der Waals surface area (Å²) in [7, 11) is 3.98. The zero-order chi connectivity index (χ0) is 13.9. The summed E-state index contributed by atoms with van der Waals surface area (Å²) in [6, 6.07) is 18.0. The molecule has 3 aromatic rings. The second kappa shape index (κ2) is 5.21. The predicted molar refractivity (Wildman–Crippen MR) is 82.0 cm³/mol. The molecule has 3 rings (SSSR count). The van der Waals surface area contributed by atoms with E-state index in [1.807, 2.05) is 61.5 Å². The van der Waals surface area contributed by atoms with E-state index in [0.717, 1.165) is 22.4 Å². The van der Waals surface area contributed by atoms with Gasteiger partial charge in [-0.1, -0.05) is 42.5 Å². The first kappa shape index (κ1) is 12.5. The number of hydrogen-bond acceptors (Lipinski definition) is 3. The van der Waals surface area contributed by atoms with Crippen molar-refractivity contribution in [2.45, 2.75) is 0 Å². The van der Waals surface area contributed by atoms with Gasteiger partial charge in [0.15, 0.2) is 5.58 Å². The summed E-state index contributed by atoms with van der Waals surface area (Å²) in [5.74, 6) is 0.639. The average molecular weight is 264 g/mol. The Kier molecular flexibility index (Phi) is 3.25. The Morgan fingerprint density at radius 1 is 1.00 bits per heavy atom. The molecule has 0 atom stereocenters. The molecule has 0 aliphatic heterocycles. The van der Waals surface area contributed by atoms with Gasteiger partial charge in [-0.15, -0.1) is 0 Å². The van der Waals surface area contributed by atoms with E-state index in [-0.39, 0.29) is 0 Å². The molecule has 0 N–H and O–H groups in total. The van der Waals surface area contributed by atoms with Crippen molar-refractivity contribution >= 4 is 22.9 Å². The molecule has 0 saturated carbocycles. The van der Waals surface area contributed by atoms with Crippen molar-refractivity contribution in [3.8, 4) is 0 Å². The quantitative estimate of drug-likeness (QED) is 0.718. The van der Waals surface area contributed by atoms with E-state index in [1.165, 1.54) is 0 Å². The molecule has 0 fully saturated rings. The van der Waals surface area contributed by atoms with Crippen LogP contribution in [0, 0.1) is 0 Å². The van der Waals surface area contributed by atoms with Crippen molar-refractivity contribution in [1.82, 2.24) is 9.88 Å². The van der Waals surface area contributed by atoms with Crippen LogP contribution in [0.4, 0.5) is 0 Å². The number of benzene rings is 2. The molecule has 0 saturated heterocycles. The van der Waals surface area contributed by atoms with Gasteiger partial charge < -0.3 is 9.32 Å². The highest BCUT2D eigenvalue weighted by Gasteiger charge is 2.12. The van der Waals surface area contributed by atoms with Gasteiger partial charge in [0.25, 0.3) is 0 Å². The summed E-state index contributed by atoms with van der Waals surface area (Å²) in [5, 5.41) is 0. The van der Waals surface area contributed by atoms with E-state index in [9.17, 15) is 0 Å². The summed E-state index contributed by atoms with van der Waals surface area (Å²) in [4.78, 5) is 6.57. The third-order valence-corrected chi connectivity index (χ3v) is 3.10. The molecule has 3 nitrogen and oxygen atoms in total. The highest BCUT2D eigenvalue weighted by Crippen LogP contribution is 2.24. The summed E-state index contributed by atoms with van der Waals surface area (Å²) < 4.78 is 5.84. The Hall–Kier alpha value is -2.55. The van der Waals surface area contributed by atoms with Gasteiger partial charge in [0.05, 0.1) is 0 Å². The summed E-state index contributed by atoms with van der Waals surface area (Å²) >= 11 is 0. The van der Waals surface area contributed by atoms with Crippen molar-refractivity contribution < 1.29 is 4.42 Å². The largest absolute Gasteiger partial charge is 0.435 e. The fraction of sp³-hybridized carbons (Fsp3) is 0.118. The molecule has 100 valence electrons. The van der Waals surface area contributed by atoms with E-state index in [2.05, 4.69) is 23.2 Å². The predicted octanol–water partition coefficient (Wildman–Crippen LogP) is 3.89. The summed E-state index contributed by atoms with van der Waals surface area (Å²) in [5.41, 5.74) is 3.76. The van der Waals surface area contributed by atoms with Gasteiger partial charge in [0.1, 0.15) is 11.2 Å². The van der Waals surface area contributed by atoms with Crippen molar-refractivity contribution in [3.05, 3.63) is 66.1 Å². The minimum Gasteiger partial charge on any atom is -0.435 e. The first-order valence-corrected chi connectivity index (χ1v) is 6.54. The molecule has 3 heteroatoms. The van der Waals surface area contributed by atoms with Gasteiger partial charge >= 0.3 is 0 Å². The van der Waals surface area contributed by atoms with E-state index in [0.29, 0.717) is 5.89 Å². The standard InChI is InChI=1S/C17H16N2O/c1-19(2)15(12-13-8-4-3-5-9-13)17-18-14-10-6-7-11-16(14)20-17/h3-12H,1-2H3. The number of rotatable bonds is 3. The maximum Gasteiger partial charge on any atom is 0.243 e. The van der Waals surface area contributed by atoms with Crippen LogP contribution in [-0.2, 0) is 0 Å². The van der Waals surface area contributed by atoms with Crippen LogP contribution in [0.25, 0.3) is 22.9 Å². The molecule has 0 aliphatic carbocycles. The van der Waals surface area contributed by atoms with Crippen LogP contribution >= 0.6 is 0 Å². The smallest absolute Gasteiger partial charge is 0.243 e. The maximum atomic E-state index is 5.84. The molecular formula is C17H16N2O. The Bertz CT molecular complexity index is 709. The fourth-order valence-electron chi connectivity index (χ4n) is 2.07. The normalized spacial score (nSPS) is 11.8. The van der Waals surface area contributed by atoms with Crippen LogP contribution in [0.1, 0.15) is 11.5 Å². The molecule has 0 aliphatic rings. The van der Waals surface area contributed by atoms with Crippen molar-refractivity contribution in [1.29, 1.82) is 0 Å². The van der Waals surface area contributed by atoms with E-state index < -0.39 is 0 Å². The SMILES string of the molecule is CN(C)C(=Cc1ccccc1)c1nc2ccccc2o1. The maximum absolute atomic E-state index is 5.84. The minimum absolute atomic E-state index is 0.639. The first-order chi connectivity index (χ1) is 9.74. The molecule has 0 radical (unpaired) electrons. The van der Waals surface area contributed by atoms with Crippen LogP contribution in [0.2, 0.25) is 0 Å². The second-order valence-corrected chi connectivity index (χ2v) is 4.82. The lowest BCUT2D eigenvalue weighted by Gasteiger charge is -2.13. The Morgan fingerprint density at radius 3 is 2.40 bits per heavy atom. The van der Waals surface area contributed by atoms with Crippen LogP contribution in [0.15, 0.2) is 59.0 Å². The molecule has 0 spiro atoms. The van der Waals surface area contributed by atoms with Crippen molar-refractivity contribution in [3.63, 3.8) is 0 Å². The van der Waals surface area contributed by atoms with Crippen LogP contribution < -0.4 is 0 Å². The number of aromatic nitrogens is 1. The van der Waals surface area contributed by atoms with Gasteiger partial charge in [-0.2, -0.15) is 0 Å². The molecular weight excluding hydrogens is 248 g/mol. The Labute approximate surface area is 118 Å². The molecule has 20 heavy (non-hydrogen) atoms. The third kappa shape index (κ3) is 2.43. The zero-order valence-electron chi connectivity index (χ0n) is 11.6. The first-order valence-electron chi connectivity index (χ1n) is 6.54. The van der Waals surface area contributed by atoms with Gasteiger partial charge in [0.2, 0.25) is 5.89 Å². The van der Waals surface area contributed by atoms with E-state index in [1.54, 1.807) is 0 Å². The molecule has 0 unspecified atom stereocenters. The number of oxazole rings is 1. The number of fused-ring (bicyclic) bond motifs is 1. The fourth-order valence-corrected chi connectivity index (χ4v) is 2.07. The minimum atomic E-state index is 0.639. The molecule has 0 amide bonds. The van der Waals surface area contributed by atoms with Gasteiger partial charge in [-0.25, -0.2) is 4.98 Å². The van der Waals surface area contributed by atoms with Crippen LogP contribution in [0.5, 0.6) is 0 Å². The number of para-hydroxylation sites is 2. The van der Waals surface area contributed by atoms with Crippen LogP contribution in [0.3, 0.4) is 0 Å². The third-order valence-electron chi connectivity index (χ3n) is 3.10. The van der Waals surface area contributed by atoms with Gasteiger partial charge in [0, 0.05) is 14.1 Å². The Morgan fingerprint density at radius 2 is 1.70 bits per heavy atom. The van der Waals surface area contributed by atoms with Gasteiger partial charge in [-0.05, 0) is 23.8 Å². The Balaban J connectivity index is 2.09. The van der Waals surface area contributed by atoms with E-state index >= 15 is 0 Å². The molecule has 0 bridgehead atoms. The van der Waals surface area contributed by atoms with E-state index in [4.69, 9.17) is 4.42 Å². The lowest BCUT2D eigenvalue weighted by Crippen LogP contribution is -2.10. The highest BCUT2D eigenvalue weighted by molar-refractivity contribution is 5.81. The molecule has 2 aromatic carbocycles. The average Bonchev–Trinajstić information content (AvgIpc) is 2.89. The monoisotopic (exact) mass is 264 g/mol. The van der Waals surface area contributed by atoms with Gasteiger partial charge in [-0.3, -0.25) is 0 Å². The van der Waals surface area contributed by atoms with Crippen molar-refractivity contribution in [2.75, 3.05) is 14.1 Å². The number of nitrogens with zero attached hydrogens (tertiary/aromatic N) is 2. The lowest BCUT2D eigenvalue weighted by atomic mass is 10.2. The summed E-state index contributed by atoms with van der Waals surface area (Å²) in [6.07, 6.45) is 2.07. The van der Waals surface area contributed by atoms with Crippen molar-refractivity contribution in [2.24, 2.45) is 0 Å². The molecule has 1 heterocycles.